The van der Waals surface area contributed by atoms with Gasteiger partial charge in [-0.3, -0.25) is 0 Å². The molecule has 0 radical (unpaired) electrons. The molecular weight excluding hydrogens is 336 g/mol. The van der Waals surface area contributed by atoms with Gasteiger partial charge >= 0.3 is 0 Å². The number of benzene rings is 1. The zero-order valence-corrected chi connectivity index (χ0v) is 15.2. The number of para-hydroxylation sites is 1. The topological polar surface area (TPSA) is 58.9 Å². The van der Waals surface area contributed by atoms with E-state index in [0.29, 0.717) is 5.02 Å². The van der Waals surface area contributed by atoms with Gasteiger partial charge in [-0.15, -0.1) is 0 Å². The monoisotopic (exact) mass is 356 g/mol. The van der Waals surface area contributed by atoms with Gasteiger partial charge in [-0.1, -0.05) is 23.7 Å². The first-order valence-electron chi connectivity index (χ1n) is 8.59. The van der Waals surface area contributed by atoms with E-state index in [0.717, 1.165) is 66.7 Å². The Hall–Kier alpha value is -2.18. The number of hydrogen-bond donors (Lipinski definition) is 1. The maximum absolute atomic E-state index is 6.40. The lowest BCUT2D eigenvalue weighted by atomic mass is 10.2. The second-order valence-corrected chi connectivity index (χ2v) is 6.74. The van der Waals surface area contributed by atoms with Crippen LogP contribution in [0.1, 0.15) is 17.9 Å². The van der Waals surface area contributed by atoms with E-state index in [1.54, 1.807) is 0 Å². The lowest BCUT2D eigenvalue weighted by Gasteiger charge is -2.22. The molecule has 0 aliphatic carbocycles. The molecule has 1 fully saturated rings. The summed E-state index contributed by atoms with van der Waals surface area (Å²) in [6.45, 7) is 7.85. The first-order valence-corrected chi connectivity index (χ1v) is 8.97. The van der Waals surface area contributed by atoms with E-state index in [4.69, 9.17) is 21.7 Å². The Balaban J connectivity index is 1.93. The van der Waals surface area contributed by atoms with Crippen molar-refractivity contribution in [2.45, 2.75) is 20.3 Å². The predicted octanol–water partition coefficient (Wildman–Crippen LogP) is 2.89. The van der Waals surface area contributed by atoms with E-state index >= 15 is 0 Å². The van der Waals surface area contributed by atoms with Gasteiger partial charge in [-0.2, -0.15) is 5.10 Å². The molecule has 7 heteroatoms. The number of halogens is 1. The highest BCUT2D eigenvalue weighted by molar-refractivity contribution is 6.32. The number of aryl methyl sites for hydroxylation is 2. The highest BCUT2D eigenvalue weighted by Crippen LogP contribution is 2.30. The Bertz CT molecular complexity index is 911. The third-order valence-electron chi connectivity index (χ3n) is 4.52. The van der Waals surface area contributed by atoms with Gasteiger partial charge in [0.25, 0.3) is 0 Å². The van der Waals surface area contributed by atoms with Gasteiger partial charge in [0, 0.05) is 19.6 Å². The fourth-order valence-electron chi connectivity index (χ4n) is 3.35. The van der Waals surface area contributed by atoms with Gasteiger partial charge in [0.05, 0.1) is 21.8 Å². The van der Waals surface area contributed by atoms with Gasteiger partial charge in [0.1, 0.15) is 11.6 Å². The number of anilines is 1. The van der Waals surface area contributed by atoms with Crippen LogP contribution in [0.15, 0.2) is 24.3 Å². The minimum absolute atomic E-state index is 0.656. The summed E-state index contributed by atoms with van der Waals surface area (Å²) in [5, 5.41) is 9.83. The number of fused-ring (bicyclic) bond motifs is 1. The second kappa shape index (κ2) is 6.61. The Morgan fingerprint density at radius 3 is 2.76 bits per heavy atom. The molecule has 3 aromatic rings. The molecule has 1 aromatic carbocycles. The van der Waals surface area contributed by atoms with Crippen molar-refractivity contribution in [1.82, 2.24) is 25.1 Å². The molecule has 1 saturated heterocycles. The highest BCUT2D eigenvalue weighted by Gasteiger charge is 2.21. The summed E-state index contributed by atoms with van der Waals surface area (Å²) in [6.07, 6.45) is 1.10. The third-order valence-corrected chi connectivity index (χ3v) is 4.83. The zero-order valence-electron chi connectivity index (χ0n) is 14.5. The van der Waals surface area contributed by atoms with E-state index in [-0.39, 0.29) is 0 Å². The molecule has 0 amide bonds. The van der Waals surface area contributed by atoms with Crippen LogP contribution >= 0.6 is 11.6 Å². The van der Waals surface area contributed by atoms with E-state index in [1.807, 2.05) is 42.8 Å². The van der Waals surface area contributed by atoms with Crippen LogP contribution in [0.2, 0.25) is 5.02 Å². The largest absolute Gasteiger partial charge is 0.355 e. The van der Waals surface area contributed by atoms with Crippen molar-refractivity contribution in [3.05, 3.63) is 40.8 Å². The lowest BCUT2D eigenvalue weighted by Crippen LogP contribution is -2.29. The summed E-state index contributed by atoms with van der Waals surface area (Å²) in [7, 11) is 0. The first kappa shape index (κ1) is 16.3. The molecule has 1 aliphatic rings. The molecule has 0 unspecified atom stereocenters. The van der Waals surface area contributed by atoms with Crippen LogP contribution < -0.4 is 10.2 Å². The Labute approximate surface area is 151 Å². The molecule has 0 atom stereocenters. The fraction of sp³-hybridized carbons (Fsp3) is 0.389. The van der Waals surface area contributed by atoms with Crippen LogP contribution in [-0.2, 0) is 0 Å². The minimum atomic E-state index is 0.656. The van der Waals surface area contributed by atoms with Gasteiger partial charge in [0.15, 0.2) is 5.65 Å². The second-order valence-electron chi connectivity index (χ2n) is 6.33. The van der Waals surface area contributed by atoms with Crippen LogP contribution in [-0.4, -0.2) is 45.9 Å². The average molecular weight is 357 g/mol. The van der Waals surface area contributed by atoms with Crippen molar-refractivity contribution >= 4 is 28.5 Å². The maximum Gasteiger partial charge on any atom is 0.169 e. The molecule has 1 aliphatic heterocycles. The molecule has 1 N–H and O–H groups in total. The molecule has 130 valence electrons. The summed E-state index contributed by atoms with van der Waals surface area (Å²) in [4.78, 5) is 11.8. The molecule has 2 aromatic heterocycles. The minimum Gasteiger partial charge on any atom is -0.355 e. The maximum atomic E-state index is 6.40. The molecule has 25 heavy (non-hydrogen) atoms. The van der Waals surface area contributed by atoms with Crippen molar-refractivity contribution in [2.75, 3.05) is 31.1 Å². The number of rotatable bonds is 2. The van der Waals surface area contributed by atoms with E-state index in [9.17, 15) is 0 Å². The normalized spacial score (nSPS) is 15.6. The van der Waals surface area contributed by atoms with Crippen LogP contribution in [0.25, 0.3) is 16.7 Å². The van der Waals surface area contributed by atoms with E-state index < -0.39 is 0 Å². The van der Waals surface area contributed by atoms with Crippen molar-refractivity contribution in [3.8, 4) is 5.69 Å². The van der Waals surface area contributed by atoms with E-state index in [2.05, 4.69) is 15.2 Å². The molecule has 4 rings (SSSR count). The van der Waals surface area contributed by atoms with Crippen molar-refractivity contribution < 1.29 is 0 Å². The summed E-state index contributed by atoms with van der Waals surface area (Å²) >= 11 is 6.40. The van der Waals surface area contributed by atoms with Gasteiger partial charge in [0.2, 0.25) is 0 Å². The van der Waals surface area contributed by atoms with Crippen molar-refractivity contribution in [1.29, 1.82) is 0 Å². The van der Waals surface area contributed by atoms with Crippen molar-refractivity contribution in [2.24, 2.45) is 0 Å². The molecule has 0 bridgehead atoms. The average Bonchev–Trinajstić information content (AvgIpc) is 2.78. The standard InChI is InChI=1S/C18H21ClN6/c1-12-16-17(24-10-5-8-20-9-11-24)21-13(2)22-18(16)25(23-12)15-7-4-3-6-14(15)19/h3-4,6-7,20H,5,8-11H2,1-2H3. The van der Waals surface area contributed by atoms with Crippen molar-refractivity contribution in [3.63, 3.8) is 0 Å². The number of nitrogens with one attached hydrogen (secondary N) is 1. The molecule has 3 heterocycles. The van der Waals surface area contributed by atoms with Gasteiger partial charge in [-0.25, -0.2) is 14.6 Å². The quantitative estimate of drug-likeness (QED) is 0.765. The predicted molar refractivity (Wildman–Crippen MR) is 101 cm³/mol. The van der Waals surface area contributed by atoms with Crippen LogP contribution in [0.4, 0.5) is 5.82 Å². The summed E-state index contributed by atoms with van der Waals surface area (Å²) in [6, 6.07) is 7.70. The molecule has 0 spiro atoms. The number of aromatic nitrogens is 4. The smallest absolute Gasteiger partial charge is 0.169 e. The van der Waals surface area contributed by atoms with Crippen LogP contribution in [0.3, 0.4) is 0 Å². The molecule has 0 saturated carbocycles. The summed E-state index contributed by atoms with van der Waals surface area (Å²) in [5.74, 6) is 1.72. The number of hydrogen-bond acceptors (Lipinski definition) is 5. The Kier molecular flexibility index (Phi) is 4.31. The summed E-state index contributed by atoms with van der Waals surface area (Å²) < 4.78 is 1.83. The van der Waals surface area contributed by atoms with Gasteiger partial charge < -0.3 is 10.2 Å². The molecule has 6 nitrogen and oxygen atoms in total. The lowest BCUT2D eigenvalue weighted by molar-refractivity contribution is 0.724. The molecular formula is C18H21ClN6. The van der Waals surface area contributed by atoms with E-state index in [1.165, 1.54) is 0 Å². The zero-order chi connectivity index (χ0) is 17.4. The van der Waals surface area contributed by atoms with Gasteiger partial charge in [-0.05, 0) is 38.9 Å². The SMILES string of the molecule is Cc1nc(N2CCCNCC2)c2c(C)nn(-c3ccccc3Cl)c2n1. The van der Waals surface area contributed by atoms with Crippen LogP contribution in [0, 0.1) is 13.8 Å². The third kappa shape index (κ3) is 2.96. The first-order chi connectivity index (χ1) is 12.1. The Morgan fingerprint density at radius 2 is 1.92 bits per heavy atom. The highest BCUT2D eigenvalue weighted by atomic mass is 35.5. The van der Waals surface area contributed by atoms with Crippen LogP contribution in [0.5, 0.6) is 0 Å². The number of nitrogens with zero attached hydrogens (tertiary/aromatic N) is 5. The Morgan fingerprint density at radius 1 is 1.08 bits per heavy atom. The summed E-state index contributed by atoms with van der Waals surface area (Å²) in [5.41, 5.74) is 2.57. The fourth-order valence-corrected chi connectivity index (χ4v) is 3.56.